The van der Waals surface area contributed by atoms with E-state index in [1.54, 1.807) is 17.5 Å². The lowest BCUT2D eigenvalue weighted by Crippen LogP contribution is -2.47. The second kappa shape index (κ2) is 6.95. The zero-order valence-corrected chi connectivity index (χ0v) is 13.3. The first kappa shape index (κ1) is 15.8. The Morgan fingerprint density at radius 1 is 1.60 bits per heavy atom. The Bertz CT molecular complexity index is 529. The third-order valence-corrected chi connectivity index (χ3v) is 6.17. The van der Waals surface area contributed by atoms with Crippen molar-refractivity contribution in [1.82, 2.24) is 14.0 Å². The van der Waals surface area contributed by atoms with Crippen molar-refractivity contribution in [3.8, 4) is 0 Å². The molecule has 1 aromatic rings. The highest BCUT2D eigenvalue weighted by Crippen LogP contribution is 2.18. The van der Waals surface area contributed by atoms with Crippen molar-refractivity contribution in [2.24, 2.45) is 11.7 Å². The molecule has 0 amide bonds. The van der Waals surface area contributed by atoms with Crippen LogP contribution in [0.5, 0.6) is 0 Å². The molecule has 2 rings (SSSR count). The van der Waals surface area contributed by atoms with Gasteiger partial charge in [0.25, 0.3) is 10.2 Å². The second-order valence-electron chi connectivity index (χ2n) is 5.00. The predicted octanol–water partition coefficient (Wildman–Crippen LogP) is 0.711. The summed E-state index contributed by atoms with van der Waals surface area (Å²) in [5.74, 6) is 0.270. The minimum atomic E-state index is -3.43. The quantitative estimate of drug-likeness (QED) is 0.808. The summed E-state index contributed by atoms with van der Waals surface area (Å²) >= 11 is 1.55. The Hall–Kier alpha value is -0.540. The molecule has 1 fully saturated rings. The van der Waals surface area contributed by atoms with Gasteiger partial charge in [0.15, 0.2) is 0 Å². The molecule has 6 nitrogen and oxygen atoms in total. The molecule has 8 heteroatoms. The number of thiazole rings is 1. The lowest BCUT2D eigenvalue weighted by Gasteiger charge is -2.31. The van der Waals surface area contributed by atoms with Gasteiger partial charge in [-0.1, -0.05) is 6.92 Å². The van der Waals surface area contributed by atoms with Crippen LogP contribution in [0.3, 0.4) is 0 Å². The maximum Gasteiger partial charge on any atom is 0.279 e. The van der Waals surface area contributed by atoms with Crippen LogP contribution >= 0.6 is 11.3 Å². The summed E-state index contributed by atoms with van der Waals surface area (Å²) in [6.45, 7) is 3.95. The van der Waals surface area contributed by atoms with Gasteiger partial charge in [-0.25, -0.2) is 4.98 Å². The van der Waals surface area contributed by atoms with Gasteiger partial charge in [-0.15, -0.1) is 11.3 Å². The van der Waals surface area contributed by atoms with E-state index in [0.717, 1.165) is 24.3 Å². The minimum Gasteiger partial charge on any atom is -0.330 e. The van der Waals surface area contributed by atoms with E-state index in [1.165, 1.54) is 9.18 Å². The van der Waals surface area contributed by atoms with Crippen LogP contribution in [0.25, 0.3) is 0 Å². The maximum atomic E-state index is 12.2. The molecule has 0 aromatic carbocycles. The standard InChI is InChI=1S/C12H22N4O2S2/c1-2-11-7-14-12(19-11)8-15-20(17,18)16-5-3-4-10(6-13)9-16/h7,10,15H,2-6,8-9,13H2,1H3. The van der Waals surface area contributed by atoms with Crippen molar-refractivity contribution in [1.29, 1.82) is 0 Å². The first-order chi connectivity index (χ1) is 9.55. The highest BCUT2D eigenvalue weighted by atomic mass is 32.2. The fourth-order valence-corrected chi connectivity index (χ4v) is 4.45. The molecular formula is C12H22N4O2S2. The van der Waals surface area contributed by atoms with Gasteiger partial charge in [0.2, 0.25) is 0 Å². The summed E-state index contributed by atoms with van der Waals surface area (Å²) in [5.41, 5.74) is 5.64. The zero-order chi connectivity index (χ0) is 14.6. The van der Waals surface area contributed by atoms with Crippen LogP contribution in [-0.2, 0) is 23.2 Å². The van der Waals surface area contributed by atoms with Crippen LogP contribution in [-0.4, -0.2) is 37.3 Å². The van der Waals surface area contributed by atoms with Crippen molar-refractivity contribution in [2.45, 2.75) is 32.7 Å². The molecule has 0 bridgehead atoms. The van der Waals surface area contributed by atoms with Crippen molar-refractivity contribution in [3.63, 3.8) is 0 Å². The van der Waals surface area contributed by atoms with Gasteiger partial charge in [0.1, 0.15) is 5.01 Å². The van der Waals surface area contributed by atoms with Crippen LogP contribution in [0, 0.1) is 5.92 Å². The van der Waals surface area contributed by atoms with E-state index in [1.807, 2.05) is 0 Å². The molecule has 1 saturated heterocycles. The summed E-state index contributed by atoms with van der Waals surface area (Å²) in [5, 5.41) is 0.804. The van der Waals surface area contributed by atoms with E-state index >= 15 is 0 Å². The van der Waals surface area contributed by atoms with Gasteiger partial charge >= 0.3 is 0 Å². The summed E-state index contributed by atoms with van der Waals surface area (Å²) < 4.78 is 28.6. The number of nitrogens with two attached hydrogens (primary N) is 1. The van der Waals surface area contributed by atoms with Crippen molar-refractivity contribution < 1.29 is 8.42 Å². The molecule has 1 aliphatic rings. The molecule has 1 aliphatic heterocycles. The van der Waals surface area contributed by atoms with Crippen molar-refractivity contribution in [3.05, 3.63) is 16.1 Å². The Morgan fingerprint density at radius 2 is 2.40 bits per heavy atom. The average molecular weight is 318 g/mol. The first-order valence-electron chi connectivity index (χ1n) is 6.93. The van der Waals surface area contributed by atoms with E-state index in [0.29, 0.717) is 19.6 Å². The molecule has 1 aromatic heterocycles. The molecule has 0 saturated carbocycles. The van der Waals surface area contributed by atoms with Gasteiger partial charge in [0, 0.05) is 24.2 Å². The Morgan fingerprint density at radius 3 is 3.05 bits per heavy atom. The van der Waals surface area contributed by atoms with Crippen LogP contribution in [0.15, 0.2) is 6.20 Å². The van der Waals surface area contributed by atoms with Gasteiger partial charge < -0.3 is 5.73 Å². The summed E-state index contributed by atoms with van der Waals surface area (Å²) in [6, 6.07) is 0. The SMILES string of the molecule is CCc1cnc(CNS(=O)(=O)N2CCCC(CN)C2)s1. The Labute approximate surface area is 124 Å². The number of nitrogens with zero attached hydrogens (tertiary/aromatic N) is 2. The Kier molecular flexibility index (Phi) is 5.50. The smallest absolute Gasteiger partial charge is 0.279 e. The zero-order valence-electron chi connectivity index (χ0n) is 11.7. The fourth-order valence-electron chi connectivity index (χ4n) is 2.27. The van der Waals surface area contributed by atoms with Crippen molar-refractivity contribution >= 4 is 21.5 Å². The number of aromatic nitrogens is 1. The molecule has 0 aliphatic carbocycles. The number of hydrogen-bond acceptors (Lipinski definition) is 5. The second-order valence-corrected chi connectivity index (χ2v) is 7.96. The number of piperidine rings is 1. The highest BCUT2D eigenvalue weighted by Gasteiger charge is 2.28. The molecule has 114 valence electrons. The largest absolute Gasteiger partial charge is 0.330 e. The number of hydrogen-bond donors (Lipinski definition) is 2. The molecule has 1 unspecified atom stereocenters. The molecule has 0 radical (unpaired) electrons. The van der Waals surface area contributed by atoms with Gasteiger partial charge in [0.05, 0.1) is 6.54 Å². The summed E-state index contributed by atoms with van der Waals surface area (Å²) in [6.07, 6.45) is 4.61. The predicted molar refractivity (Wildman–Crippen MR) is 80.6 cm³/mol. The monoisotopic (exact) mass is 318 g/mol. The van der Waals surface area contributed by atoms with Crippen LogP contribution in [0.1, 0.15) is 29.7 Å². The van der Waals surface area contributed by atoms with E-state index in [4.69, 9.17) is 5.73 Å². The third-order valence-electron chi connectivity index (χ3n) is 3.51. The lowest BCUT2D eigenvalue weighted by molar-refractivity contribution is 0.268. The molecule has 2 heterocycles. The molecular weight excluding hydrogens is 296 g/mol. The van der Waals surface area contributed by atoms with E-state index in [-0.39, 0.29) is 12.5 Å². The van der Waals surface area contributed by atoms with Crippen molar-refractivity contribution in [2.75, 3.05) is 19.6 Å². The minimum absolute atomic E-state index is 0.261. The van der Waals surface area contributed by atoms with Gasteiger partial charge in [-0.05, 0) is 31.7 Å². The average Bonchev–Trinajstić information content (AvgIpc) is 2.93. The fraction of sp³-hybridized carbons (Fsp3) is 0.750. The maximum absolute atomic E-state index is 12.2. The Balaban J connectivity index is 1.93. The van der Waals surface area contributed by atoms with E-state index < -0.39 is 10.2 Å². The molecule has 1 atom stereocenters. The topological polar surface area (TPSA) is 88.3 Å². The van der Waals surface area contributed by atoms with Crippen LogP contribution in [0.4, 0.5) is 0 Å². The van der Waals surface area contributed by atoms with Gasteiger partial charge in [-0.3, -0.25) is 0 Å². The first-order valence-corrected chi connectivity index (χ1v) is 9.19. The van der Waals surface area contributed by atoms with Gasteiger partial charge in [-0.2, -0.15) is 17.4 Å². The van der Waals surface area contributed by atoms with E-state index in [9.17, 15) is 8.42 Å². The van der Waals surface area contributed by atoms with Crippen LogP contribution in [0.2, 0.25) is 0 Å². The number of aryl methyl sites for hydroxylation is 1. The molecule has 0 spiro atoms. The van der Waals surface area contributed by atoms with Crippen LogP contribution < -0.4 is 10.5 Å². The molecule has 3 N–H and O–H groups in total. The van der Waals surface area contributed by atoms with E-state index in [2.05, 4.69) is 16.6 Å². The number of nitrogens with one attached hydrogen (secondary N) is 1. The molecule has 20 heavy (non-hydrogen) atoms. The third kappa shape index (κ3) is 3.98. The summed E-state index contributed by atoms with van der Waals surface area (Å²) in [4.78, 5) is 5.39. The number of rotatable bonds is 6. The summed E-state index contributed by atoms with van der Waals surface area (Å²) in [7, 11) is -3.43. The lowest BCUT2D eigenvalue weighted by atomic mass is 10.0. The highest BCUT2D eigenvalue weighted by molar-refractivity contribution is 7.87. The normalized spacial score (nSPS) is 21.2.